The molecule has 24 heavy (non-hydrogen) atoms. The highest BCUT2D eigenvalue weighted by molar-refractivity contribution is 6.43. The lowest BCUT2D eigenvalue weighted by atomic mass is 10.1. The zero-order valence-corrected chi connectivity index (χ0v) is 13.1. The summed E-state index contributed by atoms with van der Waals surface area (Å²) in [6.07, 6.45) is 1.45. The van der Waals surface area contributed by atoms with E-state index < -0.39 is 5.97 Å². The molecule has 0 amide bonds. The molecule has 0 bridgehead atoms. The van der Waals surface area contributed by atoms with Crippen molar-refractivity contribution in [3.05, 3.63) is 66.5 Å². The topological polar surface area (TPSA) is 76.5 Å². The van der Waals surface area contributed by atoms with Crippen molar-refractivity contribution >= 4 is 28.4 Å². The quantitative estimate of drug-likeness (QED) is 0.444. The Morgan fingerprint density at radius 2 is 1.83 bits per heavy atom. The summed E-state index contributed by atoms with van der Waals surface area (Å²) in [7, 11) is 0. The van der Waals surface area contributed by atoms with E-state index in [0.717, 1.165) is 10.9 Å². The summed E-state index contributed by atoms with van der Waals surface area (Å²) in [5.41, 5.74) is 4.52. The van der Waals surface area contributed by atoms with E-state index in [9.17, 15) is 4.79 Å². The number of carbonyl (C=O) groups excluding carboxylic acids is 1. The van der Waals surface area contributed by atoms with Crippen molar-refractivity contribution in [1.82, 2.24) is 9.97 Å². The number of hydrogen-bond acceptors (Lipinski definition) is 6. The average Bonchev–Trinajstić information content (AvgIpc) is 2.63. The number of anilines is 1. The van der Waals surface area contributed by atoms with Gasteiger partial charge in [0.15, 0.2) is 11.5 Å². The third kappa shape index (κ3) is 3.38. The van der Waals surface area contributed by atoms with Crippen LogP contribution in [0.2, 0.25) is 0 Å². The summed E-state index contributed by atoms with van der Waals surface area (Å²) in [5, 5.41) is 5.05. The fourth-order valence-corrected chi connectivity index (χ4v) is 2.23. The van der Waals surface area contributed by atoms with Crippen LogP contribution in [0.1, 0.15) is 12.5 Å². The number of nitrogens with one attached hydrogen (secondary N) is 1. The normalized spacial score (nSPS) is 11.3. The van der Waals surface area contributed by atoms with Gasteiger partial charge < -0.3 is 4.74 Å². The summed E-state index contributed by atoms with van der Waals surface area (Å²) in [6, 6.07) is 16.7. The minimum atomic E-state index is -0.491. The van der Waals surface area contributed by atoms with Crippen LogP contribution in [0.5, 0.6) is 0 Å². The number of ether oxygens (including phenoxy) is 1. The van der Waals surface area contributed by atoms with E-state index >= 15 is 0 Å². The molecule has 0 atom stereocenters. The van der Waals surface area contributed by atoms with Gasteiger partial charge in [-0.3, -0.25) is 5.43 Å². The molecule has 0 aliphatic heterocycles. The molecule has 0 spiro atoms. The number of carbonyl (C=O) groups is 1. The Labute approximate surface area is 139 Å². The van der Waals surface area contributed by atoms with Gasteiger partial charge in [-0.05, 0) is 19.1 Å². The van der Waals surface area contributed by atoms with Crippen LogP contribution in [0, 0.1) is 0 Å². The Morgan fingerprint density at radius 3 is 2.62 bits per heavy atom. The van der Waals surface area contributed by atoms with Crippen LogP contribution in [-0.2, 0) is 9.53 Å². The van der Waals surface area contributed by atoms with Gasteiger partial charge in [0.25, 0.3) is 0 Å². The molecule has 2 aromatic carbocycles. The lowest BCUT2D eigenvalue weighted by molar-refractivity contribution is -0.134. The largest absolute Gasteiger partial charge is 0.461 e. The van der Waals surface area contributed by atoms with E-state index in [0.29, 0.717) is 11.4 Å². The second-order valence-electron chi connectivity index (χ2n) is 4.90. The monoisotopic (exact) mass is 320 g/mol. The lowest BCUT2D eigenvalue weighted by Crippen LogP contribution is -2.20. The van der Waals surface area contributed by atoms with Gasteiger partial charge in [-0.1, -0.05) is 42.5 Å². The second-order valence-corrected chi connectivity index (χ2v) is 4.90. The summed E-state index contributed by atoms with van der Waals surface area (Å²) in [5.74, 6) is 0.0351. The van der Waals surface area contributed by atoms with Crippen molar-refractivity contribution in [3.63, 3.8) is 0 Å². The molecule has 1 N–H and O–H groups in total. The molecule has 0 fully saturated rings. The first-order chi connectivity index (χ1) is 11.8. The summed E-state index contributed by atoms with van der Waals surface area (Å²) >= 11 is 0. The molecule has 0 saturated heterocycles. The molecule has 6 nitrogen and oxygen atoms in total. The Bertz CT molecular complexity index is 873. The van der Waals surface area contributed by atoms with Crippen molar-refractivity contribution in [2.75, 3.05) is 12.0 Å². The number of para-hydroxylation sites is 1. The average molecular weight is 320 g/mol. The molecule has 3 aromatic rings. The third-order valence-corrected chi connectivity index (χ3v) is 3.33. The van der Waals surface area contributed by atoms with E-state index in [4.69, 9.17) is 4.74 Å². The van der Waals surface area contributed by atoms with Crippen LogP contribution in [0.15, 0.2) is 66.0 Å². The standard InChI is InChI=1S/C18H16N4O2/c1-2-24-18(23)16(13-8-4-3-5-9-13)21-22-17-14-10-6-7-11-15(14)19-12-20-17/h3-12H,2H2,1H3,(H,19,20,22)/b21-16+. The predicted molar refractivity (Wildman–Crippen MR) is 92.8 cm³/mol. The van der Waals surface area contributed by atoms with E-state index in [1.54, 1.807) is 19.1 Å². The fourth-order valence-electron chi connectivity index (χ4n) is 2.23. The van der Waals surface area contributed by atoms with Crippen LogP contribution in [0.4, 0.5) is 5.82 Å². The highest BCUT2D eigenvalue weighted by atomic mass is 16.5. The molecule has 0 unspecified atom stereocenters. The maximum atomic E-state index is 12.2. The van der Waals surface area contributed by atoms with E-state index in [-0.39, 0.29) is 12.3 Å². The number of hydrogen-bond donors (Lipinski definition) is 1. The molecule has 0 aliphatic carbocycles. The fraction of sp³-hybridized carbons (Fsp3) is 0.111. The number of rotatable bonds is 5. The Balaban J connectivity index is 1.97. The number of benzene rings is 2. The van der Waals surface area contributed by atoms with Crippen LogP contribution < -0.4 is 5.43 Å². The zero-order valence-electron chi connectivity index (χ0n) is 13.1. The smallest absolute Gasteiger partial charge is 0.359 e. The highest BCUT2D eigenvalue weighted by Crippen LogP contribution is 2.18. The van der Waals surface area contributed by atoms with E-state index in [2.05, 4.69) is 20.5 Å². The molecule has 120 valence electrons. The van der Waals surface area contributed by atoms with Gasteiger partial charge in [-0.2, -0.15) is 5.10 Å². The maximum Gasteiger partial charge on any atom is 0.359 e. The van der Waals surface area contributed by atoms with E-state index in [1.807, 2.05) is 42.5 Å². The maximum absolute atomic E-state index is 12.2. The van der Waals surface area contributed by atoms with Gasteiger partial charge in [-0.15, -0.1) is 0 Å². The van der Waals surface area contributed by atoms with Crippen molar-refractivity contribution in [3.8, 4) is 0 Å². The SMILES string of the molecule is CCOC(=O)/C(=N/Nc1ncnc2ccccc12)c1ccccc1. The third-order valence-electron chi connectivity index (χ3n) is 3.33. The van der Waals surface area contributed by atoms with Crippen LogP contribution in [-0.4, -0.2) is 28.3 Å². The molecular formula is C18H16N4O2. The van der Waals surface area contributed by atoms with Crippen molar-refractivity contribution in [2.24, 2.45) is 5.10 Å². The Hall–Kier alpha value is -3.28. The number of nitrogens with zero attached hydrogens (tertiary/aromatic N) is 3. The zero-order chi connectivity index (χ0) is 16.8. The second kappa shape index (κ2) is 7.32. The van der Waals surface area contributed by atoms with Gasteiger partial charge in [0.1, 0.15) is 6.33 Å². The molecule has 1 heterocycles. The lowest BCUT2D eigenvalue weighted by Gasteiger charge is -2.08. The van der Waals surface area contributed by atoms with Crippen LogP contribution >= 0.6 is 0 Å². The molecule has 1 aromatic heterocycles. The summed E-state index contributed by atoms with van der Waals surface area (Å²) in [4.78, 5) is 20.6. The Morgan fingerprint density at radius 1 is 1.08 bits per heavy atom. The van der Waals surface area contributed by atoms with Crippen molar-refractivity contribution in [1.29, 1.82) is 0 Å². The summed E-state index contributed by atoms with van der Waals surface area (Å²) < 4.78 is 5.09. The first-order valence-electron chi connectivity index (χ1n) is 7.55. The molecule has 0 aliphatic rings. The molecule has 0 radical (unpaired) electrons. The van der Waals surface area contributed by atoms with E-state index in [1.165, 1.54) is 6.33 Å². The van der Waals surface area contributed by atoms with Crippen molar-refractivity contribution in [2.45, 2.75) is 6.92 Å². The molecule has 3 rings (SSSR count). The molecule has 0 saturated carbocycles. The first-order valence-corrected chi connectivity index (χ1v) is 7.55. The van der Waals surface area contributed by atoms with Gasteiger partial charge in [0.2, 0.25) is 0 Å². The highest BCUT2D eigenvalue weighted by Gasteiger charge is 2.15. The minimum Gasteiger partial charge on any atom is -0.461 e. The van der Waals surface area contributed by atoms with Gasteiger partial charge >= 0.3 is 5.97 Å². The molecule has 6 heteroatoms. The number of esters is 1. The van der Waals surface area contributed by atoms with Gasteiger partial charge in [-0.25, -0.2) is 14.8 Å². The number of fused-ring (bicyclic) bond motifs is 1. The molecular weight excluding hydrogens is 304 g/mol. The van der Waals surface area contributed by atoms with Gasteiger partial charge in [0, 0.05) is 10.9 Å². The van der Waals surface area contributed by atoms with Crippen LogP contribution in [0.3, 0.4) is 0 Å². The number of aromatic nitrogens is 2. The summed E-state index contributed by atoms with van der Waals surface area (Å²) in [6.45, 7) is 2.03. The predicted octanol–water partition coefficient (Wildman–Crippen LogP) is 3.01. The van der Waals surface area contributed by atoms with Crippen molar-refractivity contribution < 1.29 is 9.53 Å². The number of hydrazone groups is 1. The Kier molecular flexibility index (Phi) is 4.76. The first kappa shape index (κ1) is 15.6. The van der Waals surface area contributed by atoms with Gasteiger partial charge in [0.05, 0.1) is 12.1 Å². The minimum absolute atomic E-state index is 0.195. The van der Waals surface area contributed by atoms with Crippen LogP contribution in [0.25, 0.3) is 10.9 Å².